The van der Waals surface area contributed by atoms with Gasteiger partial charge in [0, 0.05) is 6.20 Å². The van der Waals surface area contributed by atoms with Gasteiger partial charge in [-0.15, -0.1) is 81.7 Å². The zero-order chi connectivity index (χ0) is 65.0. The fourth-order valence-electron chi connectivity index (χ4n) is 17.2. The van der Waals surface area contributed by atoms with Crippen molar-refractivity contribution in [3.63, 3.8) is 0 Å². The van der Waals surface area contributed by atoms with Crippen molar-refractivity contribution in [3.8, 4) is 100 Å². The minimum atomic E-state index is 0. The molecule has 18 rings (SSSR count). The van der Waals surface area contributed by atoms with Crippen LogP contribution in [-0.2, 0) is 41.8 Å². The Balaban J connectivity index is 0.00000709. The molecular weight excluding hydrogens is 1360 g/mol. The molecule has 5 heterocycles. The Kier molecular flexibility index (Phi) is 13.9. The second-order valence-electron chi connectivity index (χ2n) is 29.6. The largest absolute Gasteiger partial charge is 3.00 e. The van der Waals surface area contributed by atoms with Crippen LogP contribution in [-0.4, -0.2) is 23.8 Å². The predicted molar refractivity (Wildman–Crippen MR) is 399 cm³/mol. The van der Waals surface area contributed by atoms with Crippen LogP contribution in [0, 0.1) is 18.2 Å². The number of fused-ring (bicyclic) bond motifs is 12. The van der Waals surface area contributed by atoms with E-state index < -0.39 is 0 Å². The molecule has 5 nitrogen and oxygen atoms in total. The van der Waals surface area contributed by atoms with Crippen LogP contribution < -0.4 is 0 Å². The molecule has 0 aliphatic heterocycles. The van der Waals surface area contributed by atoms with E-state index in [1.165, 1.54) is 33.4 Å². The van der Waals surface area contributed by atoms with Gasteiger partial charge < -0.3 is 13.8 Å². The van der Waals surface area contributed by atoms with Crippen molar-refractivity contribution in [2.24, 2.45) is 0 Å². The van der Waals surface area contributed by atoms with Crippen LogP contribution in [0.25, 0.3) is 155 Å². The summed E-state index contributed by atoms with van der Waals surface area (Å²) in [5.74, 6) is 0. The summed E-state index contributed by atoms with van der Waals surface area (Å²) in [7, 11) is 0. The van der Waals surface area contributed by atoms with Gasteiger partial charge in [-0.25, -0.2) is 0 Å². The van der Waals surface area contributed by atoms with Crippen molar-refractivity contribution in [2.45, 2.75) is 89.9 Å². The summed E-state index contributed by atoms with van der Waals surface area (Å²) >= 11 is 0. The molecule has 0 N–H and O–H groups in total. The fraction of sp³-hybridized carbons (Fsp3) is 0.154. The van der Waals surface area contributed by atoms with Gasteiger partial charge in [-0.2, -0.15) is 0 Å². The zero-order valence-electron chi connectivity index (χ0n) is 55.7. The van der Waals surface area contributed by atoms with Gasteiger partial charge in [-0.3, -0.25) is 9.97 Å². The molecule has 0 spiro atoms. The molecule has 0 amide bonds. The van der Waals surface area contributed by atoms with Gasteiger partial charge in [0.2, 0.25) is 0 Å². The number of nitrogens with zero attached hydrogens (tertiary/aromatic N) is 5. The summed E-state index contributed by atoms with van der Waals surface area (Å²) in [6.45, 7) is 19.0. The van der Waals surface area contributed by atoms with E-state index in [-0.39, 0.29) is 41.8 Å². The first-order valence-corrected chi connectivity index (χ1v) is 33.7. The molecule has 11 aromatic carbocycles. The van der Waals surface area contributed by atoms with Gasteiger partial charge in [0.05, 0.1) is 33.4 Å². The average Bonchev–Trinajstić information content (AvgIpc) is 1.58. The summed E-state index contributed by atoms with van der Waals surface area (Å²) in [4.78, 5) is 15.5. The number of hydrogen-bond donors (Lipinski definition) is 0. The van der Waals surface area contributed by atoms with Crippen LogP contribution in [0.2, 0.25) is 0 Å². The van der Waals surface area contributed by atoms with Gasteiger partial charge in [-0.1, -0.05) is 246 Å². The first-order valence-electron chi connectivity index (χ1n) is 33.7. The maximum Gasteiger partial charge on any atom is 3.00 e. The maximum absolute atomic E-state index is 5.37. The van der Waals surface area contributed by atoms with E-state index >= 15 is 0 Å². The van der Waals surface area contributed by atoms with Crippen molar-refractivity contribution in [1.29, 1.82) is 0 Å². The van der Waals surface area contributed by atoms with Crippen molar-refractivity contribution in [1.82, 2.24) is 23.8 Å². The summed E-state index contributed by atoms with van der Waals surface area (Å²) in [6.07, 6.45) is 8.49. The normalized spacial score (nSPS) is 15.0. The van der Waals surface area contributed by atoms with Gasteiger partial charge >= 0.3 is 20.1 Å². The van der Waals surface area contributed by atoms with E-state index in [1.807, 2.05) is 18.3 Å². The Morgan fingerprint density at radius 2 is 0.742 bits per heavy atom. The quantitative estimate of drug-likeness (QED) is 0.135. The SMILES string of the molecule is CC1(C)CC(C)(C)c2cc3c(cc21)nc1c2[c-]cc(-c4ccccc4-c4cc(-c5ccccc5-c5c[c-]c6c(ccn7c8cc9c(cc8nc67)C(C)(C)CC9(C)C)c5)cc(-c5ccccc5-c5c[c-]c(-c6ccccn6)cc5-c5ccc(-c6ccccc6)cc5)c4)cc2ccn31.[Ir+3]. The summed E-state index contributed by atoms with van der Waals surface area (Å²) < 4.78 is 4.54. The van der Waals surface area contributed by atoms with E-state index in [2.05, 4.69) is 319 Å². The Bertz CT molecular complexity index is 5630. The number of rotatable bonds is 9. The van der Waals surface area contributed by atoms with Crippen molar-refractivity contribution >= 4 is 54.9 Å². The van der Waals surface area contributed by atoms with Gasteiger partial charge in [-0.05, 0) is 173 Å². The summed E-state index contributed by atoms with van der Waals surface area (Å²) in [5.41, 5.74) is 31.8. The standard InChI is InChI=1S/C91H70N5.Ir/c1-88(2)54-90(5,6)79-52-84-82(50-77(79)88)93-86-72-36-33-59(44-61(72)39-42-95(84)86)67-22-12-14-24-69(67)64-46-65(70-25-15-13-23-68(70)60-34-37-73-62(45-60)40-43-96-85-53-80-78(51-83(85)94-87(73)96)89(3,4)55-91(80,7)8)48-66(47-64)71-26-16-17-27-74(71)75-38-35-63(81-28-18-19-41-92-81)49-76(75)58-31-29-57(30-32-58)56-20-10-9-11-21-56;/h9-34,38-53H,54-55H2,1-8H3;/q-3;+3. The Morgan fingerprint density at radius 3 is 1.22 bits per heavy atom. The summed E-state index contributed by atoms with van der Waals surface area (Å²) in [5, 5.41) is 4.20. The molecule has 0 fully saturated rings. The van der Waals surface area contributed by atoms with Crippen molar-refractivity contribution < 1.29 is 20.1 Å². The summed E-state index contributed by atoms with van der Waals surface area (Å²) in [6, 6.07) is 98.2. The molecule has 16 aromatic rings. The molecule has 6 heteroatoms. The van der Waals surface area contributed by atoms with Gasteiger partial charge in [0.15, 0.2) is 0 Å². The van der Waals surface area contributed by atoms with E-state index in [0.29, 0.717) is 0 Å². The molecular formula is C91H70IrN5. The monoisotopic (exact) mass is 1430 g/mol. The number of aromatic nitrogens is 5. The average molecular weight is 1430 g/mol. The van der Waals surface area contributed by atoms with Crippen LogP contribution in [0.1, 0.15) is 90.5 Å². The minimum absolute atomic E-state index is 0. The fourth-order valence-corrected chi connectivity index (χ4v) is 17.2. The Morgan fingerprint density at radius 1 is 0.330 bits per heavy atom. The van der Waals surface area contributed by atoms with Crippen LogP contribution in [0.3, 0.4) is 0 Å². The zero-order valence-corrected chi connectivity index (χ0v) is 58.1. The van der Waals surface area contributed by atoms with E-state index in [1.54, 1.807) is 0 Å². The second kappa shape index (κ2) is 22.4. The molecule has 0 saturated heterocycles. The Labute approximate surface area is 580 Å². The molecule has 97 heavy (non-hydrogen) atoms. The third-order valence-corrected chi connectivity index (χ3v) is 21.3. The van der Waals surface area contributed by atoms with Crippen LogP contribution in [0.15, 0.2) is 255 Å². The predicted octanol–water partition coefficient (Wildman–Crippen LogP) is 23.3. The molecule has 2 aliphatic rings. The second-order valence-corrected chi connectivity index (χ2v) is 29.6. The molecule has 0 bridgehead atoms. The molecule has 0 radical (unpaired) electrons. The smallest absolute Gasteiger partial charge is 0.341 e. The molecule has 0 unspecified atom stereocenters. The van der Waals surface area contributed by atoms with E-state index in [9.17, 15) is 0 Å². The molecule has 468 valence electrons. The van der Waals surface area contributed by atoms with Crippen molar-refractivity contribution in [2.75, 3.05) is 0 Å². The molecule has 0 atom stereocenters. The number of pyridine rings is 3. The number of imidazole rings is 2. The van der Waals surface area contributed by atoms with Crippen LogP contribution >= 0.6 is 0 Å². The molecule has 5 aromatic heterocycles. The van der Waals surface area contributed by atoms with E-state index in [4.69, 9.17) is 15.0 Å². The Hall–Kier alpha value is -10.4. The molecule has 0 saturated carbocycles. The third kappa shape index (κ3) is 9.93. The first kappa shape index (κ1) is 60.3. The van der Waals surface area contributed by atoms with E-state index in [0.717, 1.165) is 157 Å². The van der Waals surface area contributed by atoms with Gasteiger partial charge in [0.25, 0.3) is 0 Å². The minimum Gasteiger partial charge on any atom is -0.341 e. The number of hydrogen-bond acceptors (Lipinski definition) is 3. The maximum atomic E-state index is 5.37. The first-order chi connectivity index (χ1) is 46.5. The topological polar surface area (TPSA) is 47.5 Å². The number of benzene rings is 11. The van der Waals surface area contributed by atoms with Crippen molar-refractivity contribution in [3.05, 3.63) is 296 Å². The van der Waals surface area contributed by atoms with Crippen LogP contribution in [0.4, 0.5) is 0 Å². The van der Waals surface area contributed by atoms with Gasteiger partial charge in [0.1, 0.15) is 0 Å². The third-order valence-electron chi connectivity index (χ3n) is 21.3. The van der Waals surface area contributed by atoms with Crippen LogP contribution in [0.5, 0.6) is 0 Å². The molecule has 2 aliphatic carbocycles.